The van der Waals surface area contributed by atoms with E-state index >= 15 is 0 Å². The van der Waals surface area contributed by atoms with Crippen LogP contribution >= 0.6 is 0 Å². The van der Waals surface area contributed by atoms with Crippen molar-refractivity contribution in [3.8, 4) is 0 Å². The van der Waals surface area contributed by atoms with Crippen molar-refractivity contribution >= 4 is 17.9 Å². The van der Waals surface area contributed by atoms with Gasteiger partial charge in [-0.2, -0.15) is 0 Å². The molecule has 0 radical (unpaired) electrons. The second kappa shape index (κ2) is 43.3. The summed E-state index contributed by atoms with van der Waals surface area (Å²) in [6, 6.07) is 0. The Morgan fingerprint density at radius 2 is 0.818 bits per heavy atom. The standard InChI is InChI=1S/C49H80O6/c1-4-7-10-13-16-19-22-23-24-25-28-30-33-36-39-42-48(51)54-45-46(55-49(52)43-40-37-34-31-27-21-18-15-12-9-6-3)44-53-47(50)41-38-35-32-29-26-20-17-14-11-8-5-2/h7,9-10,12-14,16-19,21-22,31,34,46H,4-6,8,11,15,20,23-30,32-33,35-45H2,1-3H3/b10-7-,12-9-,16-13-,17-14-,21-18-,22-19-,34-31-. The van der Waals surface area contributed by atoms with E-state index in [2.05, 4.69) is 106 Å². The van der Waals surface area contributed by atoms with Gasteiger partial charge in [0.1, 0.15) is 13.2 Å². The van der Waals surface area contributed by atoms with E-state index in [1.807, 2.05) is 0 Å². The van der Waals surface area contributed by atoms with E-state index in [0.29, 0.717) is 19.3 Å². The van der Waals surface area contributed by atoms with Crippen LogP contribution in [0.2, 0.25) is 0 Å². The van der Waals surface area contributed by atoms with E-state index in [1.54, 1.807) is 0 Å². The molecule has 0 spiro atoms. The van der Waals surface area contributed by atoms with Crippen LogP contribution in [0.5, 0.6) is 0 Å². The highest BCUT2D eigenvalue weighted by Gasteiger charge is 2.19. The molecule has 55 heavy (non-hydrogen) atoms. The zero-order chi connectivity index (χ0) is 40.1. The molecule has 0 fully saturated rings. The Bertz CT molecular complexity index is 1110. The third-order valence-electron chi connectivity index (χ3n) is 8.93. The van der Waals surface area contributed by atoms with E-state index in [9.17, 15) is 14.4 Å². The first-order chi connectivity index (χ1) is 27.0. The van der Waals surface area contributed by atoms with Gasteiger partial charge in [0.05, 0.1) is 0 Å². The molecule has 0 aliphatic heterocycles. The minimum Gasteiger partial charge on any atom is -0.462 e. The molecule has 0 amide bonds. The highest BCUT2D eigenvalue weighted by Crippen LogP contribution is 2.12. The predicted octanol–water partition coefficient (Wildman–Crippen LogP) is 14.1. The molecule has 6 nitrogen and oxygen atoms in total. The van der Waals surface area contributed by atoms with Gasteiger partial charge in [-0.1, -0.05) is 170 Å². The zero-order valence-electron chi connectivity index (χ0n) is 35.4. The fourth-order valence-corrected chi connectivity index (χ4v) is 5.62. The minimum atomic E-state index is -0.808. The van der Waals surface area contributed by atoms with Crippen molar-refractivity contribution in [2.24, 2.45) is 0 Å². The number of carbonyl (C=O) groups is 3. The molecule has 6 heteroatoms. The van der Waals surface area contributed by atoms with E-state index in [4.69, 9.17) is 14.2 Å². The largest absolute Gasteiger partial charge is 0.462 e. The number of esters is 3. The summed E-state index contributed by atoms with van der Waals surface area (Å²) >= 11 is 0. The molecule has 0 saturated carbocycles. The van der Waals surface area contributed by atoms with Gasteiger partial charge < -0.3 is 14.2 Å². The lowest BCUT2D eigenvalue weighted by molar-refractivity contribution is -0.167. The summed E-state index contributed by atoms with van der Waals surface area (Å²) in [5.41, 5.74) is 0. The van der Waals surface area contributed by atoms with Crippen LogP contribution in [-0.2, 0) is 28.6 Å². The van der Waals surface area contributed by atoms with Crippen LogP contribution < -0.4 is 0 Å². The Morgan fingerprint density at radius 3 is 1.38 bits per heavy atom. The number of allylic oxidation sites excluding steroid dienone is 14. The molecule has 0 bridgehead atoms. The third-order valence-corrected chi connectivity index (χ3v) is 8.93. The molecule has 0 aromatic carbocycles. The molecular formula is C49H80O6. The molecule has 0 aliphatic carbocycles. The first kappa shape index (κ1) is 51.6. The second-order valence-corrected chi connectivity index (χ2v) is 14.2. The first-order valence-corrected chi connectivity index (χ1v) is 22.1. The van der Waals surface area contributed by atoms with Crippen molar-refractivity contribution in [3.63, 3.8) is 0 Å². The van der Waals surface area contributed by atoms with Gasteiger partial charge >= 0.3 is 17.9 Å². The van der Waals surface area contributed by atoms with Crippen LogP contribution in [0.25, 0.3) is 0 Å². The minimum absolute atomic E-state index is 0.106. The smallest absolute Gasteiger partial charge is 0.306 e. The summed E-state index contributed by atoms with van der Waals surface area (Å²) in [7, 11) is 0. The van der Waals surface area contributed by atoms with Crippen LogP contribution in [-0.4, -0.2) is 37.2 Å². The van der Waals surface area contributed by atoms with Crippen LogP contribution in [0, 0.1) is 0 Å². The fourth-order valence-electron chi connectivity index (χ4n) is 5.62. The van der Waals surface area contributed by atoms with E-state index in [-0.39, 0.29) is 37.5 Å². The lowest BCUT2D eigenvalue weighted by atomic mass is 10.1. The Kier molecular flexibility index (Phi) is 40.6. The van der Waals surface area contributed by atoms with Crippen molar-refractivity contribution in [2.45, 2.75) is 194 Å². The number of unbranched alkanes of at least 4 members (excludes halogenated alkanes) is 15. The summed E-state index contributed by atoms with van der Waals surface area (Å²) in [6.07, 6.45) is 54.3. The van der Waals surface area contributed by atoms with Gasteiger partial charge in [-0.3, -0.25) is 14.4 Å². The lowest BCUT2D eigenvalue weighted by Gasteiger charge is -2.18. The topological polar surface area (TPSA) is 78.9 Å². The van der Waals surface area contributed by atoms with Crippen LogP contribution in [0.4, 0.5) is 0 Å². The van der Waals surface area contributed by atoms with Crippen molar-refractivity contribution in [3.05, 3.63) is 85.1 Å². The summed E-state index contributed by atoms with van der Waals surface area (Å²) in [4.78, 5) is 37.7. The summed E-state index contributed by atoms with van der Waals surface area (Å²) < 4.78 is 16.6. The van der Waals surface area contributed by atoms with Crippen molar-refractivity contribution < 1.29 is 28.6 Å². The molecule has 0 rings (SSSR count). The van der Waals surface area contributed by atoms with E-state index in [1.165, 1.54) is 51.4 Å². The highest BCUT2D eigenvalue weighted by atomic mass is 16.6. The number of hydrogen-bond acceptors (Lipinski definition) is 6. The second-order valence-electron chi connectivity index (χ2n) is 14.2. The van der Waals surface area contributed by atoms with E-state index in [0.717, 1.165) is 89.9 Å². The quantitative estimate of drug-likeness (QED) is 0.0205. The van der Waals surface area contributed by atoms with Crippen molar-refractivity contribution in [2.75, 3.05) is 13.2 Å². The van der Waals surface area contributed by atoms with Crippen LogP contribution in [0.3, 0.4) is 0 Å². The average molecular weight is 765 g/mol. The Labute approximate surface area is 337 Å². The van der Waals surface area contributed by atoms with Gasteiger partial charge in [0.25, 0.3) is 0 Å². The number of ether oxygens (including phenoxy) is 3. The van der Waals surface area contributed by atoms with Gasteiger partial charge in [-0.25, -0.2) is 0 Å². The van der Waals surface area contributed by atoms with Gasteiger partial charge in [-0.05, 0) is 83.5 Å². The lowest BCUT2D eigenvalue weighted by Crippen LogP contribution is -2.30. The maximum Gasteiger partial charge on any atom is 0.306 e. The van der Waals surface area contributed by atoms with Gasteiger partial charge in [0.15, 0.2) is 6.10 Å². The molecule has 1 unspecified atom stereocenters. The molecule has 0 aliphatic rings. The molecule has 1 atom stereocenters. The summed E-state index contributed by atoms with van der Waals surface area (Å²) in [5, 5.41) is 0. The van der Waals surface area contributed by atoms with E-state index < -0.39 is 6.10 Å². The summed E-state index contributed by atoms with van der Waals surface area (Å²) in [6.45, 7) is 6.26. The van der Waals surface area contributed by atoms with Gasteiger partial charge in [0, 0.05) is 19.3 Å². The number of hydrogen-bond donors (Lipinski definition) is 0. The average Bonchev–Trinajstić information content (AvgIpc) is 3.18. The zero-order valence-corrected chi connectivity index (χ0v) is 35.4. The Hall–Kier alpha value is -3.41. The van der Waals surface area contributed by atoms with Crippen molar-refractivity contribution in [1.29, 1.82) is 0 Å². The molecule has 0 aromatic heterocycles. The third kappa shape index (κ3) is 41.6. The molecule has 0 aromatic rings. The monoisotopic (exact) mass is 765 g/mol. The Morgan fingerprint density at radius 1 is 0.400 bits per heavy atom. The first-order valence-electron chi connectivity index (χ1n) is 22.1. The maximum atomic E-state index is 12.7. The normalized spacial score (nSPS) is 12.9. The highest BCUT2D eigenvalue weighted by molar-refractivity contribution is 5.71. The van der Waals surface area contributed by atoms with Crippen molar-refractivity contribution in [1.82, 2.24) is 0 Å². The van der Waals surface area contributed by atoms with Crippen LogP contribution in [0.1, 0.15) is 188 Å². The predicted molar refractivity (Wildman–Crippen MR) is 233 cm³/mol. The van der Waals surface area contributed by atoms with Gasteiger partial charge in [-0.15, -0.1) is 0 Å². The molecular weight excluding hydrogens is 685 g/mol. The maximum absolute atomic E-state index is 12.7. The molecule has 0 saturated heterocycles. The Balaban J connectivity index is 4.46. The van der Waals surface area contributed by atoms with Crippen LogP contribution in [0.15, 0.2) is 85.1 Å². The fraction of sp³-hybridized carbons (Fsp3) is 0.653. The molecule has 312 valence electrons. The van der Waals surface area contributed by atoms with Gasteiger partial charge in [0.2, 0.25) is 0 Å². The summed E-state index contributed by atoms with van der Waals surface area (Å²) in [5.74, 6) is -0.993. The molecule has 0 heterocycles. The molecule has 0 N–H and O–H groups in total. The number of rotatable bonds is 38. The number of carbonyl (C=O) groups excluding carboxylic acids is 3. The SMILES string of the molecule is CC\C=C/C=C\C=C/CCCCCCCCCC(=O)OCC(COC(=O)CCCCCCC/C=C\CCCC)OC(=O)CCC/C=C\C/C=C\C/C=C\CC.